The second-order valence-electron chi connectivity index (χ2n) is 7.40. The van der Waals surface area contributed by atoms with E-state index in [1.165, 1.54) is 0 Å². The highest BCUT2D eigenvalue weighted by atomic mass is 127. The summed E-state index contributed by atoms with van der Waals surface area (Å²) in [7, 11) is 4.28. The third-order valence-electron chi connectivity index (χ3n) is 4.81. The number of aliphatic imine (C=N–C) groups is 1. The fourth-order valence-electron chi connectivity index (χ4n) is 3.07. The molecule has 30 heavy (non-hydrogen) atoms. The topological polar surface area (TPSA) is 52.1 Å². The van der Waals surface area contributed by atoms with Gasteiger partial charge in [0.2, 0.25) is 0 Å². The summed E-state index contributed by atoms with van der Waals surface area (Å²) >= 11 is 0. The fourth-order valence-corrected chi connectivity index (χ4v) is 3.07. The normalized spacial score (nSPS) is 18.7. The Labute approximate surface area is 194 Å². The van der Waals surface area contributed by atoms with E-state index in [4.69, 9.17) is 0 Å². The van der Waals surface area contributed by atoms with Gasteiger partial charge in [-0.1, -0.05) is 24.3 Å². The lowest BCUT2D eigenvalue weighted by Gasteiger charge is -2.37. The van der Waals surface area contributed by atoms with Gasteiger partial charge in [-0.25, -0.2) is 4.99 Å². The number of guanidine groups is 1. The maximum absolute atomic E-state index is 12.1. The Kier molecular flexibility index (Phi) is 12.0. The van der Waals surface area contributed by atoms with Crippen molar-refractivity contribution >= 4 is 29.9 Å². The lowest BCUT2D eigenvalue weighted by atomic mass is 10.1. The number of ether oxygens (including phenoxy) is 1. The van der Waals surface area contributed by atoms with Crippen LogP contribution >= 0.6 is 24.0 Å². The summed E-state index contributed by atoms with van der Waals surface area (Å²) in [6.07, 6.45) is -4.30. The molecule has 0 spiro atoms. The minimum Gasteiger partial charge on any atom is -0.367 e. The van der Waals surface area contributed by atoms with Gasteiger partial charge < -0.3 is 20.3 Å². The van der Waals surface area contributed by atoms with Crippen LogP contribution in [-0.2, 0) is 17.9 Å². The third kappa shape index (κ3) is 10.3. The zero-order chi connectivity index (χ0) is 21.3. The van der Waals surface area contributed by atoms with E-state index in [1.54, 1.807) is 12.1 Å². The van der Waals surface area contributed by atoms with Gasteiger partial charge in [-0.15, -0.1) is 24.0 Å². The SMILES string of the molecule is CCNC(=NCc1ccc(COCC(F)(F)F)cc1)NCC1CN(C)CCN1C.I. The molecule has 1 heterocycles. The fraction of sp³-hybridized carbons (Fsp3) is 0.650. The summed E-state index contributed by atoms with van der Waals surface area (Å²) in [6.45, 7) is 5.94. The zero-order valence-corrected chi connectivity index (χ0v) is 20.2. The molecule has 172 valence electrons. The van der Waals surface area contributed by atoms with Crippen LogP contribution in [0, 0.1) is 0 Å². The number of hydrogen-bond donors (Lipinski definition) is 2. The van der Waals surface area contributed by atoms with Gasteiger partial charge >= 0.3 is 6.18 Å². The number of alkyl halides is 3. The smallest absolute Gasteiger partial charge is 0.367 e. The van der Waals surface area contributed by atoms with Gasteiger partial charge in [0, 0.05) is 38.8 Å². The van der Waals surface area contributed by atoms with Gasteiger partial charge in [-0.3, -0.25) is 4.90 Å². The monoisotopic (exact) mass is 543 g/mol. The number of halogens is 4. The maximum Gasteiger partial charge on any atom is 0.411 e. The number of piperazine rings is 1. The Morgan fingerprint density at radius 2 is 1.80 bits per heavy atom. The van der Waals surface area contributed by atoms with Gasteiger partial charge in [0.25, 0.3) is 0 Å². The molecule has 1 saturated heterocycles. The van der Waals surface area contributed by atoms with Crippen molar-refractivity contribution in [2.45, 2.75) is 32.3 Å². The van der Waals surface area contributed by atoms with Crippen LogP contribution < -0.4 is 10.6 Å². The van der Waals surface area contributed by atoms with Crippen LogP contribution in [0.1, 0.15) is 18.1 Å². The van der Waals surface area contributed by atoms with E-state index in [0.29, 0.717) is 18.2 Å². The molecular formula is C20H33F3IN5O. The molecule has 2 rings (SSSR count). The first-order chi connectivity index (χ1) is 13.8. The number of nitrogens with one attached hydrogen (secondary N) is 2. The Hall–Kier alpha value is -1.11. The molecule has 1 unspecified atom stereocenters. The molecule has 0 radical (unpaired) electrons. The Bertz CT molecular complexity index is 642. The standard InChI is InChI=1S/C20H32F3N5O.HI/c1-4-24-19(26-12-18-13-27(2)9-10-28(18)3)25-11-16-5-7-17(8-6-16)14-29-15-20(21,22)23;/h5-8,18H,4,9-15H2,1-3H3,(H2,24,25,26);1H. The molecule has 1 aliphatic heterocycles. The summed E-state index contributed by atoms with van der Waals surface area (Å²) < 4.78 is 41.1. The van der Waals surface area contributed by atoms with Crippen molar-refractivity contribution in [1.29, 1.82) is 0 Å². The van der Waals surface area contributed by atoms with Crippen LogP contribution in [0.5, 0.6) is 0 Å². The number of rotatable bonds is 8. The lowest BCUT2D eigenvalue weighted by molar-refractivity contribution is -0.176. The van der Waals surface area contributed by atoms with E-state index in [2.05, 4.69) is 44.3 Å². The van der Waals surface area contributed by atoms with Gasteiger partial charge in [0.15, 0.2) is 5.96 Å². The third-order valence-corrected chi connectivity index (χ3v) is 4.81. The number of likely N-dealkylation sites (N-methyl/N-ethyl adjacent to an activating group) is 2. The lowest BCUT2D eigenvalue weighted by Crippen LogP contribution is -2.55. The summed E-state index contributed by atoms with van der Waals surface area (Å²) in [6, 6.07) is 7.70. The Morgan fingerprint density at radius 3 is 2.43 bits per heavy atom. The quantitative estimate of drug-likeness (QED) is 0.300. The van der Waals surface area contributed by atoms with E-state index < -0.39 is 12.8 Å². The molecule has 0 saturated carbocycles. The number of hydrogen-bond acceptors (Lipinski definition) is 4. The van der Waals surface area contributed by atoms with Gasteiger partial charge in [-0.2, -0.15) is 13.2 Å². The summed E-state index contributed by atoms with van der Waals surface area (Å²) in [5, 5.41) is 6.66. The highest BCUT2D eigenvalue weighted by molar-refractivity contribution is 14.0. The van der Waals surface area contributed by atoms with Gasteiger partial charge in [0.05, 0.1) is 13.2 Å². The summed E-state index contributed by atoms with van der Waals surface area (Å²) in [4.78, 5) is 9.31. The molecule has 0 aromatic heterocycles. The molecule has 2 N–H and O–H groups in total. The van der Waals surface area contributed by atoms with Crippen molar-refractivity contribution in [3.63, 3.8) is 0 Å². The van der Waals surface area contributed by atoms with Crippen LogP contribution in [0.25, 0.3) is 0 Å². The van der Waals surface area contributed by atoms with Crippen LogP contribution in [0.15, 0.2) is 29.3 Å². The average Bonchev–Trinajstić information content (AvgIpc) is 2.66. The average molecular weight is 543 g/mol. The number of benzene rings is 1. The molecule has 0 bridgehead atoms. The second-order valence-corrected chi connectivity index (χ2v) is 7.40. The highest BCUT2D eigenvalue weighted by Crippen LogP contribution is 2.16. The maximum atomic E-state index is 12.1. The molecule has 1 fully saturated rings. The first-order valence-electron chi connectivity index (χ1n) is 9.90. The van der Waals surface area contributed by atoms with Crippen LogP contribution in [0.2, 0.25) is 0 Å². The van der Waals surface area contributed by atoms with Gasteiger partial charge in [0.1, 0.15) is 6.61 Å². The Balaban J connectivity index is 0.00000450. The van der Waals surface area contributed by atoms with Crippen molar-refractivity contribution in [1.82, 2.24) is 20.4 Å². The first kappa shape index (κ1) is 26.9. The summed E-state index contributed by atoms with van der Waals surface area (Å²) in [5.74, 6) is 0.756. The van der Waals surface area contributed by atoms with Crippen molar-refractivity contribution < 1.29 is 17.9 Å². The molecule has 0 amide bonds. The zero-order valence-electron chi connectivity index (χ0n) is 17.8. The van der Waals surface area contributed by atoms with E-state index in [-0.39, 0.29) is 30.6 Å². The van der Waals surface area contributed by atoms with E-state index in [0.717, 1.165) is 44.2 Å². The molecule has 0 aliphatic carbocycles. The summed E-state index contributed by atoms with van der Waals surface area (Å²) in [5.41, 5.74) is 1.69. The molecule has 10 heteroatoms. The van der Waals surface area contributed by atoms with E-state index >= 15 is 0 Å². The Morgan fingerprint density at radius 1 is 1.13 bits per heavy atom. The predicted molar refractivity (Wildman–Crippen MR) is 124 cm³/mol. The molecular weight excluding hydrogens is 510 g/mol. The van der Waals surface area contributed by atoms with E-state index in [1.807, 2.05) is 19.1 Å². The van der Waals surface area contributed by atoms with Crippen molar-refractivity contribution in [3.05, 3.63) is 35.4 Å². The molecule has 1 atom stereocenters. The minimum atomic E-state index is -4.30. The van der Waals surface area contributed by atoms with Crippen molar-refractivity contribution in [2.24, 2.45) is 4.99 Å². The van der Waals surface area contributed by atoms with Crippen molar-refractivity contribution in [3.8, 4) is 0 Å². The van der Waals surface area contributed by atoms with Crippen LogP contribution in [0.3, 0.4) is 0 Å². The van der Waals surface area contributed by atoms with Crippen LogP contribution in [-0.4, -0.2) is 81.4 Å². The second kappa shape index (κ2) is 13.3. The molecule has 6 nitrogen and oxygen atoms in total. The number of nitrogens with zero attached hydrogens (tertiary/aromatic N) is 3. The first-order valence-corrected chi connectivity index (χ1v) is 9.90. The van der Waals surface area contributed by atoms with E-state index in [9.17, 15) is 13.2 Å². The van der Waals surface area contributed by atoms with Crippen LogP contribution in [0.4, 0.5) is 13.2 Å². The molecule has 1 aromatic rings. The highest BCUT2D eigenvalue weighted by Gasteiger charge is 2.27. The largest absolute Gasteiger partial charge is 0.411 e. The van der Waals surface area contributed by atoms with Gasteiger partial charge in [-0.05, 0) is 32.1 Å². The van der Waals surface area contributed by atoms with Crippen molar-refractivity contribution in [2.75, 3.05) is 53.4 Å². The predicted octanol–water partition coefficient (Wildman–Crippen LogP) is 2.68. The molecule has 1 aromatic carbocycles. The minimum absolute atomic E-state index is 0. The molecule has 1 aliphatic rings.